The SMILES string of the molecule is Cc1oc2ccccc2c1C(=O)NCC1CCCO1. The Morgan fingerprint density at radius 2 is 2.26 bits per heavy atom. The minimum Gasteiger partial charge on any atom is -0.461 e. The van der Waals surface area contributed by atoms with Crippen LogP contribution in [0.5, 0.6) is 0 Å². The van der Waals surface area contributed by atoms with E-state index in [0.29, 0.717) is 17.9 Å². The third-order valence-electron chi connectivity index (χ3n) is 3.51. The summed E-state index contributed by atoms with van der Waals surface area (Å²) in [6, 6.07) is 7.60. The summed E-state index contributed by atoms with van der Waals surface area (Å²) in [4.78, 5) is 12.3. The predicted octanol–water partition coefficient (Wildman–Crippen LogP) is 2.65. The van der Waals surface area contributed by atoms with Gasteiger partial charge in [-0.1, -0.05) is 18.2 Å². The molecule has 19 heavy (non-hydrogen) atoms. The minimum absolute atomic E-state index is 0.0852. The van der Waals surface area contributed by atoms with Crippen molar-refractivity contribution < 1.29 is 13.9 Å². The van der Waals surface area contributed by atoms with E-state index in [2.05, 4.69) is 5.32 Å². The standard InChI is InChI=1S/C15H17NO3/c1-10-14(12-6-2-3-7-13(12)19-10)15(17)16-9-11-5-4-8-18-11/h2-3,6-7,11H,4-5,8-9H2,1H3,(H,16,17). The highest BCUT2D eigenvalue weighted by Crippen LogP contribution is 2.25. The van der Waals surface area contributed by atoms with Gasteiger partial charge in [-0.2, -0.15) is 0 Å². The lowest BCUT2D eigenvalue weighted by atomic mass is 10.1. The molecule has 100 valence electrons. The molecule has 1 amide bonds. The highest BCUT2D eigenvalue weighted by Gasteiger charge is 2.20. The van der Waals surface area contributed by atoms with Crippen LogP contribution in [0.4, 0.5) is 0 Å². The maximum absolute atomic E-state index is 12.3. The summed E-state index contributed by atoms with van der Waals surface area (Å²) in [5, 5.41) is 3.80. The first-order valence-corrected chi connectivity index (χ1v) is 6.63. The highest BCUT2D eigenvalue weighted by atomic mass is 16.5. The maximum atomic E-state index is 12.3. The minimum atomic E-state index is -0.0852. The molecule has 0 radical (unpaired) electrons. The van der Waals surface area contributed by atoms with E-state index in [1.165, 1.54) is 0 Å². The van der Waals surface area contributed by atoms with Crippen molar-refractivity contribution >= 4 is 16.9 Å². The zero-order valence-corrected chi connectivity index (χ0v) is 10.9. The summed E-state index contributed by atoms with van der Waals surface area (Å²) in [6.07, 6.45) is 2.25. The molecule has 0 spiro atoms. The number of amides is 1. The number of hydrogen-bond donors (Lipinski definition) is 1. The Bertz CT molecular complexity index is 596. The van der Waals surface area contributed by atoms with Crippen LogP contribution in [0.1, 0.15) is 29.0 Å². The van der Waals surface area contributed by atoms with Gasteiger partial charge in [-0.3, -0.25) is 4.79 Å². The third kappa shape index (κ3) is 2.36. The summed E-state index contributed by atoms with van der Waals surface area (Å²) in [5.74, 6) is 0.573. The van der Waals surface area contributed by atoms with Gasteiger partial charge in [-0.25, -0.2) is 0 Å². The Balaban J connectivity index is 1.79. The van der Waals surface area contributed by atoms with Crippen LogP contribution in [0.2, 0.25) is 0 Å². The smallest absolute Gasteiger partial charge is 0.255 e. The molecule has 1 N–H and O–H groups in total. The van der Waals surface area contributed by atoms with E-state index in [1.807, 2.05) is 31.2 Å². The Hall–Kier alpha value is -1.81. The van der Waals surface area contributed by atoms with Gasteiger partial charge in [0, 0.05) is 18.5 Å². The summed E-state index contributed by atoms with van der Waals surface area (Å²) < 4.78 is 11.1. The van der Waals surface area contributed by atoms with Gasteiger partial charge in [0.1, 0.15) is 11.3 Å². The Morgan fingerprint density at radius 3 is 3.05 bits per heavy atom. The molecule has 0 saturated carbocycles. The first kappa shape index (κ1) is 12.2. The van der Waals surface area contributed by atoms with Gasteiger partial charge in [0.25, 0.3) is 5.91 Å². The van der Waals surface area contributed by atoms with Crippen LogP contribution in [0.3, 0.4) is 0 Å². The van der Waals surface area contributed by atoms with E-state index in [9.17, 15) is 4.79 Å². The second kappa shape index (κ2) is 5.05. The summed E-state index contributed by atoms with van der Waals surface area (Å²) in [5.41, 5.74) is 1.39. The van der Waals surface area contributed by atoms with Crippen molar-refractivity contribution in [3.05, 3.63) is 35.6 Å². The number of ether oxygens (including phenoxy) is 1. The normalized spacial score (nSPS) is 18.9. The second-order valence-electron chi connectivity index (χ2n) is 4.87. The third-order valence-corrected chi connectivity index (χ3v) is 3.51. The number of para-hydroxylation sites is 1. The fourth-order valence-electron chi connectivity index (χ4n) is 2.55. The lowest BCUT2D eigenvalue weighted by molar-refractivity contribution is 0.0857. The number of furan rings is 1. The maximum Gasteiger partial charge on any atom is 0.255 e. The van der Waals surface area contributed by atoms with E-state index in [1.54, 1.807) is 0 Å². The van der Waals surface area contributed by atoms with Crippen LogP contribution < -0.4 is 5.32 Å². The van der Waals surface area contributed by atoms with E-state index in [4.69, 9.17) is 9.15 Å². The molecule has 0 aliphatic carbocycles. The number of hydrogen-bond acceptors (Lipinski definition) is 3. The predicted molar refractivity (Wildman–Crippen MR) is 72.3 cm³/mol. The van der Waals surface area contributed by atoms with Crippen molar-refractivity contribution in [3.8, 4) is 0 Å². The van der Waals surface area contributed by atoms with E-state index < -0.39 is 0 Å². The Labute approximate surface area is 111 Å². The Morgan fingerprint density at radius 1 is 1.42 bits per heavy atom. The zero-order chi connectivity index (χ0) is 13.2. The van der Waals surface area contributed by atoms with Crippen LogP contribution in [0, 0.1) is 6.92 Å². The number of aryl methyl sites for hydroxylation is 1. The number of carbonyl (C=O) groups excluding carboxylic acids is 1. The highest BCUT2D eigenvalue weighted by molar-refractivity contribution is 6.07. The van der Waals surface area contributed by atoms with Crippen LogP contribution >= 0.6 is 0 Å². The topological polar surface area (TPSA) is 51.5 Å². The van der Waals surface area contributed by atoms with Crippen molar-refractivity contribution in [2.45, 2.75) is 25.9 Å². The van der Waals surface area contributed by atoms with Gasteiger partial charge in [0.15, 0.2) is 0 Å². The number of fused-ring (bicyclic) bond motifs is 1. The Kier molecular flexibility index (Phi) is 3.25. The number of rotatable bonds is 3. The molecule has 1 unspecified atom stereocenters. The molecule has 1 aliphatic heterocycles. The number of nitrogens with one attached hydrogen (secondary N) is 1. The van der Waals surface area contributed by atoms with Crippen molar-refractivity contribution in [1.29, 1.82) is 0 Å². The molecule has 0 bridgehead atoms. The van der Waals surface area contributed by atoms with Gasteiger partial charge in [0.05, 0.1) is 11.7 Å². The molecular formula is C15H17NO3. The molecule has 1 atom stereocenters. The number of benzene rings is 1. The van der Waals surface area contributed by atoms with E-state index in [0.717, 1.165) is 30.4 Å². The summed E-state index contributed by atoms with van der Waals surface area (Å²) in [6.45, 7) is 3.19. The van der Waals surface area contributed by atoms with Crippen LogP contribution in [-0.4, -0.2) is 25.2 Å². The average Bonchev–Trinajstić information content (AvgIpc) is 3.02. The van der Waals surface area contributed by atoms with Crippen molar-refractivity contribution in [3.63, 3.8) is 0 Å². The van der Waals surface area contributed by atoms with Crippen molar-refractivity contribution in [2.24, 2.45) is 0 Å². The van der Waals surface area contributed by atoms with Gasteiger partial charge in [0.2, 0.25) is 0 Å². The second-order valence-corrected chi connectivity index (χ2v) is 4.87. The molecule has 2 aromatic rings. The molecule has 1 aromatic carbocycles. The quantitative estimate of drug-likeness (QED) is 0.922. The molecule has 4 nitrogen and oxygen atoms in total. The molecule has 1 fully saturated rings. The summed E-state index contributed by atoms with van der Waals surface area (Å²) >= 11 is 0. The largest absolute Gasteiger partial charge is 0.461 e. The van der Waals surface area contributed by atoms with Crippen LogP contribution in [0.25, 0.3) is 11.0 Å². The van der Waals surface area contributed by atoms with E-state index in [-0.39, 0.29) is 12.0 Å². The van der Waals surface area contributed by atoms with Crippen LogP contribution in [-0.2, 0) is 4.74 Å². The molecule has 3 rings (SSSR count). The van der Waals surface area contributed by atoms with Gasteiger partial charge in [-0.05, 0) is 25.8 Å². The van der Waals surface area contributed by atoms with Gasteiger partial charge >= 0.3 is 0 Å². The molecule has 1 saturated heterocycles. The van der Waals surface area contributed by atoms with Gasteiger partial charge in [-0.15, -0.1) is 0 Å². The zero-order valence-electron chi connectivity index (χ0n) is 10.9. The fourth-order valence-corrected chi connectivity index (χ4v) is 2.55. The monoisotopic (exact) mass is 259 g/mol. The van der Waals surface area contributed by atoms with Gasteiger partial charge < -0.3 is 14.5 Å². The molecular weight excluding hydrogens is 242 g/mol. The molecule has 2 heterocycles. The average molecular weight is 259 g/mol. The molecule has 1 aromatic heterocycles. The van der Waals surface area contributed by atoms with Crippen molar-refractivity contribution in [1.82, 2.24) is 5.32 Å². The lowest BCUT2D eigenvalue weighted by Gasteiger charge is -2.10. The lowest BCUT2D eigenvalue weighted by Crippen LogP contribution is -2.31. The first-order valence-electron chi connectivity index (χ1n) is 6.63. The molecule has 1 aliphatic rings. The number of carbonyl (C=O) groups is 1. The van der Waals surface area contributed by atoms with Crippen LogP contribution in [0.15, 0.2) is 28.7 Å². The summed E-state index contributed by atoms with van der Waals surface area (Å²) in [7, 11) is 0. The molecule has 4 heteroatoms. The fraction of sp³-hybridized carbons (Fsp3) is 0.400. The van der Waals surface area contributed by atoms with Crippen molar-refractivity contribution in [2.75, 3.05) is 13.2 Å². The van der Waals surface area contributed by atoms with E-state index >= 15 is 0 Å². The first-order chi connectivity index (χ1) is 9.25.